The van der Waals surface area contributed by atoms with Gasteiger partial charge in [0.25, 0.3) is 0 Å². The van der Waals surface area contributed by atoms with Gasteiger partial charge in [-0.25, -0.2) is 4.98 Å². The van der Waals surface area contributed by atoms with Crippen LogP contribution in [0.1, 0.15) is 18.9 Å². The Morgan fingerprint density at radius 1 is 1.56 bits per heavy atom. The maximum atomic E-state index is 9.85. The number of aryl methyl sites for hydroxylation is 1. The van der Waals surface area contributed by atoms with Crippen molar-refractivity contribution < 1.29 is 5.11 Å². The van der Waals surface area contributed by atoms with Crippen molar-refractivity contribution in [2.45, 2.75) is 26.4 Å². The van der Waals surface area contributed by atoms with E-state index < -0.39 is 0 Å². The number of hydrogen-bond acceptors (Lipinski definition) is 3. The molecule has 88 valence electrons. The molecule has 0 aliphatic carbocycles. The van der Waals surface area contributed by atoms with Crippen LogP contribution in [0.25, 0.3) is 0 Å². The fraction of sp³-hybridized carbons (Fsp3) is 0.583. The van der Waals surface area contributed by atoms with E-state index >= 15 is 0 Å². The molecule has 2 atom stereocenters. The summed E-state index contributed by atoms with van der Waals surface area (Å²) in [7, 11) is 0. The lowest BCUT2D eigenvalue weighted by Crippen LogP contribution is -2.43. The standard InChI is InChI=1S/C12H17BrN2O/c1-8-3-4-15(7-11(8)16)12-5-9(2)10(13)6-14-12/h5-6,8,11,16H,3-4,7H2,1-2H3. The predicted octanol–water partition coefficient (Wildman–Crippen LogP) is 2.36. The average Bonchev–Trinajstić information content (AvgIpc) is 2.26. The number of aliphatic hydroxyl groups is 1. The lowest BCUT2D eigenvalue weighted by Gasteiger charge is -2.35. The van der Waals surface area contributed by atoms with Gasteiger partial charge in [0.05, 0.1) is 6.10 Å². The molecule has 0 aromatic carbocycles. The smallest absolute Gasteiger partial charge is 0.128 e. The summed E-state index contributed by atoms with van der Waals surface area (Å²) in [5, 5.41) is 9.85. The molecule has 2 unspecified atom stereocenters. The summed E-state index contributed by atoms with van der Waals surface area (Å²) in [6.07, 6.45) is 2.62. The molecular weight excluding hydrogens is 268 g/mol. The van der Waals surface area contributed by atoms with Crippen LogP contribution < -0.4 is 4.90 Å². The van der Waals surface area contributed by atoms with E-state index in [0.717, 1.165) is 23.3 Å². The minimum atomic E-state index is -0.237. The third-order valence-corrected chi connectivity index (χ3v) is 4.11. The molecule has 1 N–H and O–H groups in total. The van der Waals surface area contributed by atoms with Gasteiger partial charge in [-0.3, -0.25) is 0 Å². The van der Waals surface area contributed by atoms with E-state index in [1.165, 1.54) is 5.56 Å². The van der Waals surface area contributed by atoms with E-state index in [9.17, 15) is 5.11 Å². The van der Waals surface area contributed by atoms with Gasteiger partial charge >= 0.3 is 0 Å². The highest BCUT2D eigenvalue weighted by atomic mass is 79.9. The average molecular weight is 285 g/mol. The Bertz CT molecular complexity index is 383. The third kappa shape index (κ3) is 2.38. The predicted molar refractivity (Wildman–Crippen MR) is 68.7 cm³/mol. The Morgan fingerprint density at radius 2 is 2.31 bits per heavy atom. The van der Waals surface area contributed by atoms with Crippen LogP contribution in [0.2, 0.25) is 0 Å². The fourth-order valence-electron chi connectivity index (χ4n) is 1.95. The molecule has 1 aromatic heterocycles. The number of anilines is 1. The van der Waals surface area contributed by atoms with E-state index in [2.05, 4.69) is 45.7 Å². The second-order valence-electron chi connectivity index (χ2n) is 4.57. The van der Waals surface area contributed by atoms with Crippen molar-refractivity contribution in [3.05, 3.63) is 22.3 Å². The minimum Gasteiger partial charge on any atom is -0.391 e. The van der Waals surface area contributed by atoms with Crippen LogP contribution in [-0.4, -0.2) is 29.3 Å². The van der Waals surface area contributed by atoms with Crippen molar-refractivity contribution >= 4 is 21.7 Å². The monoisotopic (exact) mass is 284 g/mol. The number of β-amino-alcohol motifs (C(OH)–C–C–N with tert-alkyl or cyclic N) is 1. The molecular formula is C12H17BrN2O. The Balaban J connectivity index is 2.15. The van der Waals surface area contributed by atoms with Gasteiger partial charge in [0.2, 0.25) is 0 Å². The number of hydrogen-bond donors (Lipinski definition) is 1. The second kappa shape index (κ2) is 4.72. The first-order chi connectivity index (χ1) is 7.58. The molecule has 1 aliphatic heterocycles. The van der Waals surface area contributed by atoms with Crippen LogP contribution in [0.3, 0.4) is 0 Å². The molecule has 1 fully saturated rings. The SMILES string of the molecule is Cc1cc(N2CCC(C)C(O)C2)ncc1Br. The lowest BCUT2D eigenvalue weighted by atomic mass is 9.96. The van der Waals surface area contributed by atoms with Crippen LogP contribution in [0, 0.1) is 12.8 Å². The van der Waals surface area contributed by atoms with Crippen molar-refractivity contribution in [2.75, 3.05) is 18.0 Å². The number of aromatic nitrogens is 1. The van der Waals surface area contributed by atoms with Gasteiger partial charge in [0.1, 0.15) is 5.82 Å². The number of piperidine rings is 1. The quantitative estimate of drug-likeness (QED) is 0.860. The van der Waals surface area contributed by atoms with E-state index in [-0.39, 0.29) is 6.10 Å². The Morgan fingerprint density at radius 3 is 2.94 bits per heavy atom. The van der Waals surface area contributed by atoms with Crippen LogP contribution in [0.5, 0.6) is 0 Å². The number of aliphatic hydroxyl groups excluding tert-OH is 1. The molecule has 16 heavy (non-hydrogen) atoms. The van der Waals surface area contributed by atoms with E-state index in [1.807, 2.05) is 6.20 Å². The number of halogens is 1. The Hall–Kier alpha value is -0.610. The van der Waals surface area contributed by atoms with Crippen LogP contribution >= 0.6 is 15.9 Å². The normalized spacial score (nSPS) is 25.9. The molecule has 1 aromatic rings. The van der Waals surface area contributed by atoms with Crippen molar-refractivity contribution in [3.8, 4) is 0 Å². The summed E-state index contributed by atoms with van der Waals surface area (Å²) in [5.41, 5.74) is 1.18. The van der Waals surface area contributed by atoms with Crippen LogP contribution in [-0.2, 0) is 0 Å². The maximum absolute atomic E-state index is 9.85. The molecule has 4 heteroatoms. The summed E-state index contributed by atoms with van der Waals surface area (Å²) >= 11 is 3.44. The van der Waals surface area contributed by atoms with Gasteiger partial charge < -0.3 is 10.0 Å². The van der Waals surface area contributed by atoms with Crippen molar-refractivity contribution in [3.63, 3.8) is 0 Å². The second-order valence-corrected chi connectivity index (χ2v) is 5.43. The molecule has 0 saturated carbocycles. The topological polar surface area (TPSA) is 36.4 Å². The zero-order valence-electron chi connectivity index (χ0n) is 9.65. The summed E-state index contributed by atoms with van der Waals surface area (Å²) in [4.78, 5) is 6.55. The highest BCUT2D eigenvalue weighted by Crippen LogP contribution is 2.24. The molecule has 3 nitrogen and oxygen atoms in total. The number of rotatable bonds is 1. The molecule has 1 aliphatic rings. The Kier molecular flexibility index (Phi) is 3.50. The number of pyridine rings is 1. The fourth-order valence-corrected chi connectivity index (χ4v) is 2.17. The molecule has 2 rings (SSSR count). The van der Waals surface area contributed by atoms with Crippen molar-refractivity contribution in [1.82, 2.24) is 4.98 Å². The highest BCUT2D eigenvalue weighted by Gasteiger charge is 2.24. The summed E-state index contributed by atoms with van der Waals surface area (Å²) in [6.45, 7) is 5.82. The van der Waals surface area contributed by atoms with E-state index in [4.69, 9.17) is 0 Å². The summed E-state index contributed by atoms with van der Waals surface area (Å²) in [6, 6.07) is 2.06. The van der Waals surface area contributed by atoms with Gasteiger partial charge in [0, 0.05) is 23.8 Å². The Labute approximate surface area is 105 Å². The molecule has 0 amide bonds. The van der Waals surface area contributed by atoms with Gasteiger partial charge in [-0.1, -0.05) is 6.92 Å². The summed E-state index contributed by atoms with van der Waals surface area (Å²) < 4.78 is 1.03. The van der Waals surface area contributed by atoms with Gasteiger partial charge in [-0.2, -0.15) is 0 Å². The zero-order chi connectivity index (χ0) is 11.7. The first-order valence-corrected chi connectivity index (χ1v) is 6.42. The van der Waals surface area contributed by atoms with Crippen molar-refractivity contribution in [2.24, 2.45) is 5.92 Å². The lowest BCUT2D eigenvalue weighted by molar-refractivity contribution is 0.102. The van der Waals surface area contributed by atoms with E-state index in [1.54, 1.807) is 0 Å². The molecule has 1 saturated heterocycles. The van der Waals surface area contributed by atoms with E-state index in [0.29, 0.717) is 12.5 Å². The number of nitrogens with zero attached hydrogens (tertiary/aromatic N) is 2. The zero-order valence-corrected chi connectivity index (χ0v) is 11.2. The molecule has 0 radical (unpaired) electrons. The van der Waals surface area contributed by atoms with Gasteiger partial charge in [-0.05, 0) is 46.8 Å². The molecule has 0 spiro atoms. The van der Waals surface area contributed by atoms with Crippen LogP contribution in [0.15, 0.2) is 16.7 Å². The van der Waals surface area contributed by atoms with Crippen LogP contribution in [0.4, 0.5) is 5.82 Å². The van der Waals surface area contributed by atoms with Gasteiger partial charge in [-0.15, -0.1) is 0 Å². The first-order valence-electron chi connectivity index (χ1n) is 5.63. The minimum absolute atomic E-state index is 0.237. The molecule has 0 bridgehead atoms. The third-order valence-electron chi connectivity index (χ3n) is 3.28. The summed E-state index contributed by atoms with van der Waals surface area (Å²) in [5.74, 6) is 1.36. The van der Waals surface area contributed by atoms with Crippen molar-refractivity contribution in [1.29, 1.82) is 0 Å². The molecule has 2 heterocycles. The first kappa shape index (κ1) is 11.9. The highest BCUT2D eigenvalue weighted by molar-refractivity contribution is 9.10. The van der Waals surface area contributed by atoms with Gasteiger partial charge in [0.15, 0.2) is 0 Å². The maximum Gasteiger partial charge on any atom is 0.128 e. The largest absolute Gasteiger partial charge is 0.391 e.